The Morgan fingerprint density at radius 3 is 2.65 bits per heavy atom. The smallest absolute Gasteiger partial charge is 0.330 e. The van der Waals surface area contributed by atoms with Gasteiger partial charge in [-0.2, -0.15) is 0 Å². The van der Waals surface area contributed by atoms with E-state index >= 15 is 0 Å². The quantitative estimate of drug-likeness (QED) is 0.682. The molecule has 0 aliphatic carbocycles. The first-order chi connectivity index (χ1) is 10.8. The summed E-state index contributed by atoms with van der Waals surface area (Å²) in [7, 11) is 2.68. The summed E-state index contributed by atoms with van der Waals surface area (Å²) in [5, 5.41) is 0. The molecule has 0 amide bonds. The molecule has 5 atom stereocenters. The number of hydrogen-bond donors (Lipinski definition) is 2. The maximum absolute atomic E-state index is 12.0. The standard InChI is InChI=1S/C12H19N2O7PS/c1-4-7-9(21-22(17,23)19-3)10(18-2)11(20-7)14-6-5-8(15)13-12(14)16/h5-7,9-11H,4H2,1-3H3,(H,17,23)(H,13,15,16)/t7-,9?,10+,11-,22?/m1/s1. The number of methoxy groups -OCH3 is 1. The van der Waals surface area contributed by atoms with Crippen LogP contribution in [0.25, 0.3) is 0 Å². The largest absolute Gasteiger partial charge is 0.374 e. The third-order valence-electron chi connectivity index (χ3n) is 3.57. The molecule has 0 radical (unpaired) electrons. The van der Waals surface area contributed by atoms with Gasteiger partial charge in [-0.05, 0) is 18.2 Å². The van der Waals surface area contributed by atoms with Crippen LogP contribution in [0.1, 0.15) is 19.6 Å². The number of nitrogens with one attached hydrogen (secondary N) is 1. The molecule has 0 saturated carbocycles. The topological polar surface area (TPSA) is 112 Å². The van der Waals surface area contributed by atoms with Crippen molar-refractivity contribution >= 4 is 18.5 Å². The summed E-state index contributed by atoms with van der Waals surface area (Å²) in [6.07, 6.45) is -0.867. The lowest BCUT2D eigenvalue weighted by molar-refractivity contribution is -0.0539. The number of H-pyrrole nitrogens is 1. The normalized spacial score (nSPS) is 30.3. The van der Waals surface area contributed by atoms with Crippen molar-refractivity contribution in [1.82, 2.24) is 9.55 Å². The average molecular weight is 366 g/mol. The fourth-order valence-corrected chi connectivity index (χ4v) is 3.41. The fraction of sp³-hybridized carbons (Fsp3) is 0.667. The zero-order valence-electron chi connectivity index (χ0n) is 12.9. The molecule has 0 aromatic carbocycles. The van der Waals surface area contributed by atoms with E-state index in [-0.39, 0.29) is 0 Å². The lowest BCUT2D eigenvalue weighted by Crippen LogP contribution is -2.39. The molecule has 1 aliphatic rings. The molecule has 1 aromatic heterocycles. The van der Waals surface area contributed by atoms with Crippen molar-refractivity contribution in [2.24, 2.45) is 0 Å². The van der Waals surface area contributed by atoms with Gasteiger partial charge in [0.1, 0.15) is 12.2 Å². The average Bonchev–Trinajstić information content (AvgIpc) is 2.84. The summed E-state index contributed by atoms with van der Waals surface area (Å²) in [5.74, 6) is 0. The van der Waals surface area contributed by atoms with Crippen molar-refractivity contribution in [3.63, 3.8) is 0 Å². The number of aromatic amines is 1. The van der Waals surface area contributed by atoms with Crippen LogP contribution in [-0.2, 0) is 30.3 Å². The molecular weight excluding hydrogens is 347 g/mol. The van der Waals surface area contributed by atoms with Crippen LogP contribution in [0, 0.1) is 0 Å². The molecule has 2 unspecified atom stereocenters. The summed E-state index contributed by atoms with van der Waals surface area (Å²) in [6.45, 7) is -1.57. The van der Waals surface area contributed by atoms with Crippen molar-refractivity contribution < 1.29 is 23.4 Å². The Labute approximate surface area is 137 Å². The Morgan fingerprint density at radius 1 is 1.43 bits per heavy atom. The van der Waals surface area contributed by atoms with Crippen LogP contribution >= 0.6 is 6.72 Å². The highest BCUT2D eigenvalue weighted by molar-refractivity contribution is 8.07. The first-order valence-corrected chi connectivity index (χ1v) is 9.48. The molecule has 2 rings (SSSR count). The van der Waals surface area contributed by atoms with Crippen molar-refractivity contribution in [1.29, 1.82) is 0 Å². The van der Waals surface area contributed by atoms with Crippen molar-refractivity contribution in [2.75, 3.05) is 14.2 Å². The first kappa shape index (κ1) is 18.5. The van der Waals surface area contributed by atoms with Crippen molar-refractivity contribution in [3.05, 3.63) is 33.1 Å². The van der Waals surface area contributed by atoms with Gasteiger partial charge in [-0.15, -0.1) is 0 Å². The van der Waals surface area contributed by atoms with Gasteiger partial charge < -0.3 is 18.9 Å². The van der Waals surface area contributed by atoms with Crippen LogP contribution in [0.3, 0.4) is 0 Å². The van der Waals surface area contributed by atoms with Gasteiger partial charge in [0.25, 0.3) is 5.56 Å². The fourth-order valence-electron chi connectivity index (χ4n) is 2.46. The first-order valence-electron chi connectivity index (χ1n) is 6.89. The number of nitrogens with zero attached hydrogens (tertiary/aromatic N) is 1. The number of ether oxygens (including phenoxy) is 2. The van der Waals surface area contributed by atoms with Crippen molar-refractivity contribution in [3.8, 4) is 0 Å². The van der Waals surface area contributed by atoms with Crippen LogP contribution in [0.15, 0.2) is 21.9 Å². The minimum atomic E-state index is -3.43. The predicted octanol–water partition coefficient (Wildman–Crippen LogP) is 0.107. The van der Waals surface area contributed by atoms with E-state index in [1.807, 2.05) is 6.92 Å². The van der Waals surface area contributed by atoms with Crippen LogP contribution in [0.4, 0.5) is 0 Å². The van der Waals surface area contributed by atoms with Gasteiger partial charge in [-0.25, -0.2) is 4.79 Å². The monoisotopic (exact) mass is 366 g/mol. The maximum atomic E-state index is 12.0. The molecule has 1 aromatic rings. The van der Waals surface area contributed by atoms with E-state index in [1.165, 1.54) is 31.0 Å². The summed E-state index contributed by atoms with van der Waals surface area (Å²) < 4.78 is 22.7. The van der Waals surface area contributed by atoms with Crippen molar-refractivity contribution in [2.45, 2.75) is 37.9 Å². The molecule has 9 nitrogen and oxygen atoms in total. The number of aromatic nitrogens is 2. The van der Waals surface area contributed by atoms with Gasteiger partial charge in [0.05, 0.1) is 6.10 Å². The van der Waals surface area contributed by atoms with Crippen LogP contribution < -0.4 is 11.2 Å². The molecule has 23 heavy (non-hydrogen) atoms. The molecule has 1 saturated heterocycles. The van der Waals surface area contributed by atoms with Gasteiger partial charge in [0.15, 0.2) is 6.23 Å². The Kier molecular flexibility index (Phi) is 5.90. The van der Waals surface area contributed by atoms with E-state index in [0.717, 1.165) is 0 Å². The summed E-state index contributed by atoms with van der Waals surface area (Å²) >= 11 is 4.88. The third kappa shape index (κ3) is 3.97. The van der Waals surface area contributed by atoms with E-state index in [9.17, 15) is 14.5 Å². The molecule has 0 spiro atoms. The molecule has 11 heteroatoms. The third-order valence-corrected chi connectivity index (χ3v) is 5.25. The van der Waals surface area contributed by atoms with E-state index in [4.69, 9.17) is 30.3 Å². The minimum Gasteiger partial charge on any atom is -0.374 e. The molecular formula is C12H19N2O7PS. The molecule has 1 fully saturated rings. The van der Waals surface area contributed by atoms with E-state index in [1.54, 1.807) is 0 Å². The van der Waals surface area contributed by atoms with Gasteiger partial charge in [-0.1, -0.05) is 6.92 Å². The second kappa shape index (κ2) is 7.35. The molecule has 2 heterocycles. The highest BCUT2D eigenvalue weighted by Gasteiger charge is 2.48. The van der Waals surface area contributed by atoms with E-state index in [2.05, 4.69) is 4.98 Å². The summed E-state index contributed by atoms with van der Waals surface area (Å²) in [6, 6.07) is 1.21. The zero-order valence-corrected chi connectivity index (χ0v) is 14.6. The molecule has 0 bridgehead atoms. The zero-order chi connectivity index (χ0) is 17.2. The second-order valence-electron chi connectivity index (χ2n) is 4.91. The highest BCUT2D eigenvalue weighted by Crippen LogP contribution is 2.48. The molecule has 130 valence electrons. The minimum absolute atomic E-state index is 0.464. The van der Waals surface area contributed by atoms with Gasteiger partial charge in [0.2, 0.25) is 0 Å². The predicted molar refractivity (Wildman–Crippen MR) is 84.7 cm³/mol. The SMILES string of the molecule is CC[C@H]1O[C@@H](n2ccc(=O)[nH]c2=O)[C@@H](OC)C1OP(O)(=S)OC. The van der Waals surface area contributed by atoms with Gasteiger partial charge in [-0.3, -0.25) is 18.9 Å². The van der Waals surface area contributed by atoms with Gasteiger partial charge in [0, 0.05) is 26.5 Å². The highest BCUT2D eigenvalue weighted by atomic mass is 32.5. The van der Waals surface area contributed by atoms with Crippen LogP contribution in [0.5, 0.6) is 0 Å². The number of hydrogen-bond acceptors (Lipinski definition) is 7. The number of rotatable bonds is 6. The van der Waals surface area contributed by atoms with E-state index in [0.29, 0.717) is 6.42 Å². The lowest BCUT2D eigenvalue weighted by atomic mass is 10.1. The Balaban J connectivity index is 2.37. The van der Waals surface area contributed by atoms with Crippen LogP contribution in [0.2, 0.25) is 0 Å². The Bertz CT molecular complexity index is 705. The molecule has 1 aliphatic heterocycles. The Hall–Kier alpha value is -0.870. The van der Waals surface area contributed by atoms with Gasteiger partial charge >= 0.3 is 12.4 Å². The second-order valence-corrected chi connectivity index (χ2v) is 7.81. The Morgan fingerprint density at radius 2 is 2.13 bits per heavy atom. The summed E-state index contributed by atoms with van der Waals surface area (Å²) in [4.78, 5) is 35.2. The molecule has 2 N–H and O–H groups in total. The maximum Gasteiger partial charge on any atom is 0.330 e. The summed E-state index contributed by atoms with van der Waals surface area (Å²) in [5.41, 5.74) is -1.14. The van der Waals surface area contributed by atoms with E-state index < -0.39 is 42.5 Å². The van der Waals surface area contributed by atoms with Crippen LogP contribution in [-0.4, -0.2) is 47.0 Å². The lowest BCUT2D eigenvalue weighted by Gasteiger charge is -2.26.